The highest BCUT2D eigenvalue weighted by atomic mass is 32.2. The molecular weight excluding hydrogens is 240 g/mol. The van der Waals surface area contributed by atoms with Gasteiger partial charge in [-0.15, -0.1) is 0 Å². The molecule has 0 bridgehead atoms. The Morgan fingerprint density at radius 1 is 1.35 bits per heavy atom. The number of thioether (sulfide) groups is 1. The van der Waals surface area contributed by atoms with Crippen molar-refractivity contribution in [3.05, 3.63) is 0 Å². The van der Waals surface area contributed by atoms with Crippen molar-refractivity contribution >= 4 is 23.8 Å². The molecule has 0 radical (unpaired) electrons. The summed E-state index contributed by atoms with van der Waals surface area (Å²) in [6.07, 6.45) is 4.69. The number of carbonyl (C=O) groups excluding carboxylic acids is 1. The Bertz CT molecular complexity index is 312. The number of carboxylic acids is 1. The largest absolute Gasteiger partial charge is 0.480 e. The van der Waals surface area contributed by atoms with Crippen molar-refractivity contribution < 1.29 is 14.7 Å². The van der Waals surface area contributed by atoms with Crippen molar-refractivity contribution in [1.29, 1.82) is 0 Å². The van der Waals surface area contributed by atoms with E-state index in [1.807, 2.05) is 11.8 Å². The molecule has 1 unspecified atom stereocenters. The average Bonchev–Trinajstić information content (AvgIpc) is 3.09. The second-order valence-electron chi connectivity index (χ2n) is 4.71. The predicted octanol–water partition coefficient (Wildman–Crippen LogP) is 1.19. The number of hydrogen-bond acceptors (Lipinski definition) is 3. The molecule has 0 aromatic rings. The van der Waals surface area contributed by atoms with Crippen molar-refractivity contribution in [2.24, 2.45) is 0 Å². The van der Waals surface area contributed by atoms with Crippen LogP contribution >= 0.6 is 11.8 Å². The number of amides is 2. The van der Waals surface area contributed by atoms with Gasteiger partial charge in [-0.2, -0.15) is 11.8 Å². The molecule has 3 N–H and O–H groups in total. The number of rotatable bonds is 4. The molecule has 2 fully saturated rings. The Hall–Kier alpha value is -0.910. The fraction of sp³-hybridized carbons (Fsp3) is 0.818. The molecule has 1 atom stereocenters. The second kappa shape index (κ2) is 5.16. The Morgan fingerprint density at radius 3 is 2.65 bits per heavy atom. The van der Waals surface area contributed by atoms with Gasteiger partial charge in [0.2, 0.25) is 0 Å². The maximum atomic E-state index is 11.6. The van der Waals surface area contributed by atoms with Crippen molar-refractivity contribution in [2.45, 2.75) is 42.9 Å². The van der Waals surface area contributed by atoms with Crippen LogP contribution in [0.25, 0.3) is 0 Å². The molecule has 2 rings (SSSR count). The van der Waals surface area contributed by atoms with Crippen LogP contribution < -0.4 is 10.6 Å². The van der Waals surface area contributed by atoms with E-state index < -0.39 is 11.5 Å². The van der Waals surface area contributed by atoms with Gasteiger partial charge in [0.25, 0.3) is 0 Å². The number of carboxylic acid groups (broad SMARTS) is 1. The second-order valence-corrected chi connectivity index (χ2v) is 6.12. The summed E-state index contributed by atoms with van der Waals surface area (Å²) in [5, 5.41) is 14.7. The topological polar surface area (TPSA) is 78.4 Å². The van der Waals surface area contributed by atoms with Gasteiger partial charge in [-0.1, -0.05) is 6.42 Å². The summed E-state index contributed by atoms with van der Waals surface area (Å²) in [5.41, 5.74) is -0.982. The normalized spacial score (nSPS) is 26.0. The van der Waals surface area contributed by atoms with E-state index in [-0.39, 0.29) is 6.03 Å². The molecular formula is C11H18N2O3S. The van der Waals surface area contributed by atoms with Crippen LogP contribution in [0.1, 0.15) is 32.1 Å². The van der Waals surface area contributed by atoms with E-state index in [9.17, 15) is 9.59 Å². The Labute approximate surface area is 105 Å². The smallest absolute Gasteiger partial charge is 0.329 e. The maximum Gasteiger partial charge on any atom is 0.329 e. The van der Waals surface area contributed by atoms with Gasteiger partial charge in [0.1, 0.15) is 5.54 Å². The van der Waals surface area contributed by atoms with Crippen molar-refractivity contribution in [1.82, 2.24) is 10.6 Å². The number of carbonyl (C=O) groups is 2. The van der Waals surface area contributed by atoms with Crippen molar-refractivity contribution in [3.63, 3.8) is 0 Å². The monoisotopic (exact) mass is 258 g/mol. The number of hydrogen-bond donors (Lipinski definition) is 3. The molecule has 96 valence electrons. The van der Waals surface area contributed by atoms with Crippen molar-refractivity contribution in [2.75, 3.05) is 12.3 Å². The highest BCUT2D eigenvalue weighted by Gasteiger charge is 2.51. The third-order valence-electron chi connectivity index (χ3n) is 3.28. The maximum absolute atomic E-state index is 11.6. The molecule has 5 nitrogen and oxygen atoms in total. The molecule has 1 aliphatic heterocycles. The van der Waals surface area contributed by atoms with E-state index in [4.69, 9.17) is 5.11 Å². The van der Waals surface area contributed by atoms with Gasteiger partial charge in [-0.25, -0.2) is 9.59 Å². The molecule has 2 aliphatic rings. The lowest BCUT2D eigenvalue weighted by atomic mass is 10.2. The third kappa shape index (κ3) is 3.28. The summed E-state index contributed by atoms with van der Waals surface area (Å²) < 4.78 is 0. The summed E-state index contributed by atoms with van der Waals surface area (Å²) in [5.74, 6) is 0.229. The Kier molecular flexibility index (Phi) is 3.81. The highest BCUT2D eigenvalue weighted by molar-refractivity contribution is 7.99. The van der Waals surface area contributed by atoms with Gasteiger partial charge in [0.05, 0.1) is 0 Å². The van der Waals surface area contributed by atoms with E-state index >= 15 is 0 Å². The van der Waals surface area contributed by atoms with Crippen molar-refractivity contribution in [3.8, 4) is 0 Å². The molecule has 2 amide bonds. The summed E-state index contributed by atoms with van der Waals surface area (Å²) >= 11 is 1.89. The van der Waals surface area contributed by atoms with Crippen LogP contribution in [-0.2, 0) is 4.79 Å². The first-order valence-electron chi connectivity index (χ1n) is 6.03. The number of aliphatic carboxylic acids is 1. The van der Waals surface area contributed by atoms with Gasteiger partial charge in [0, 0.05) is 11.8 Å². The minimum absolute atomic E-state index is 0.351. The first kappa shape index (κ1) is 12.5. The molecule has 1 heterocycles. The van der Waals surface area contributed by atoms with E-state index in [0.29, 0.717) is 24.6 Å². The van der Waals surface area contributed by atoms with E-state index in [0.717, 1.165) is 12.2 Å². The zero-order valence-electron chi connectivity index (χ0n) is 9.70. The average molecular weight is 258 g/mol. The lowest BCUT2D eigenvalue weighted by Crippen LogP contribution is -2.49. The molecule has 17 heavy (non-hydrogen) atoms. The molecule has 1 saturated heterocycles. The first-order chi connectivity index (χ1) is 8.12. The van der Waals surface area contributed by atoms with Crippen LogP contribution in [0.5, 0.6) is 0 Å². The molecule has 6 heteroatoms. The molecule has 0 spiro atoms. The standard InChI is InChI=1S/C11H18N2O3S/c14-9(15)11(4-5-11)13-10(16)12-7-8-3-1-2-6-17-8/h8H,1-7H2,(H,14,15)(H2,12,13,16). The highest BCUT2D eigenvalue weighted by Crippen LogP contribution is 2.35. The third-order valence-corrected chi connectivity index (χ3v) is 4.67. The van der Waals surface area contributed by atoms with E-state index in [1.54, 1.807) is 0 Å². The Morgan fingerprint density at radius 2 is 2.12 bits per heavy atom. The fourth-order valence-corrected chi connectivity index (χ4v) is 3.19. The Balaban J connectivity index is 1.69. The lowest BCUT2D eigenvalue weighted by Gasteiger charge is -2.22. The lowest BCUT2D eigenvalue weighted by molar-refractivity contribution is -0.140. The van der Waals surface area contributed by atoms with Gasteiger partial charge in [0.15, 0.2) is 0 Å². The van der Waals surface area contributed by atoms with Crippen LogP contribution in [-0.4, -0.2) is 40.2 Å². The molecule has 0 aromatic heterocycles. The molecule has 1 saturated carbocycles. The van der Waals surface area contributed by atoms with E-state index in [1.165, 1.54) is 12.8 Å². The summed E-state index contributed by atoms with van der Waals surface area (Å²) in [6.45, 7) is 0.631. The molecule has 0 aromatic carbocycles. The molecule has 1 aliphatic carbocycles. The van der Waals surface area contributed by atoms with Crippen LogP contribution in [0.3, 0.4) is 0 Å². The minimum Gasteiger partial charge on any atom is -0.480 e. The van der Waals surface area contributed by atoms with Crippen LogP contribution in [0.15, 0.2) is 0 Å². The summed E-state index contributed by atoms with van der Waals surface area (Å²) in [7, 11) is 0. The fourth-order valence-electron chi connectivity index (χ4n) is 1.95. The number of urea groups is 1. The van der Waals surface area contributed by atoms with Gasteiger partial charge >= 0.3 is 12.0 Å². The summed E-state index contributed by atoms with van der Waals surface area (Å²) in [4.78, 5) is 22.4. The zero-order chi connectivity index (χ0) is 12.3. The van der Waals surface area contributed by atoms with Gasteiger partial charge < -0.3 is 15.7 Å². The van der Waals surface area contributed by atoms with Gasteiger partial charge in [-0.05, 0) is 31.4 Å². The van der Waals surface area contributed by atoms with Gasteiger partial charge in [-0.3, -0.25) is 0 Å². The predicted molar refractivity (Wildman–Crippen MR) is 66.2 cm³/mol. The zero-order valence-corrected chi connectivity index (χ0v) is 10.5. The summed E-state index contributed by atoms with van der Waals surface area (Å²) in [6, 6.07) is -0.351. The minimum atomic E-state index is -0.982. The van der Waals surface area contributed by atoms with Crippen LogP contribution in [0.4, 0.5) is 4.79 Å². The first-order valence-corrected chi connectivity index (χ1v) is 7.08. The van der Waals surface area contributed by atoms with Crippen LogP contribution in [0, 0.1) is 0 Å². The van der Waals surface area contributed by atoms with Crippen LogP contribution in [0.2, 0.25) is 0 Å². The van der Waals surface area contributed by atoms with E-state index in [2.05, 4.69) is 10.6 Å². The SMILES string of the molecule is O=C(NCC1CCCCS1)NC1(C(=O)O)CC1. The quantitative estimate of drug-likeness (QED) is 0.707. The number of nitrogens with one attached hydrogen (secondary N) is 2.